The molecule has 2 aromatic carbocycles. The molecule has 0 aliphatic heterocycles. The van der Waals surface area contributed by atoms with Crippen LogP contribution in [0.25, 0.3) is 0 Å². The zero-order valence-electron chi connectivity index (χ0n) is 9.97. The van der Waals surface area contributed by atoms with Crippen LogP contribution < -0.4 is 5.32 Å². The molecule has 0 fully saturated rings. The van der Waals surface area contributed by atoms with Gasteiger partial charge in [-0.3, -0.25) is 0 Å². The molecule has 0 radical (unpaired) electrons. The normalized spacial score (nSPS) is 10.1. The highest BCUT2D eigenvalue weighted by atomic mass is 79.9. The molecule has 5 heteroatoms. The van der Waals surface area contributed by atoms with Crippen molar-refractivity contribution in [2.75, 3.05) is 5.32 Å². The lowest BCUT2D eigenvalue weighted by atomic mass is 10.2. The van der Waals surface area contributed by atoms with Crippen molar-refractivity contribution in [3.05, 3.63) is 57.6 Å². The van der Waals surface area contributed by atoms with Crippen LogP contribution in [-0.2, 0) is 0 Å². The lowest BCUT2D eigenvalue weighted by Crippen LogP contribution is -1.97. The van der Waals surface area contributed by atoms with Crippen molar-refractivity contribution >= 4 is 27.3 Å². The Labute approximate surface area is 117 Å². The number of nitriles is 1. The number of benzene rings is 2. The zero-order valence-corrected chi connectivity index (χ0v) is 11.6. The van der Waals surface area contributed by atoms with Crippen LogP contribution in [0.4, 0.5) is 20.2 Å². The first-order valence-corrected chi connectivity index (χ1v) is 6.22. The van der Waals surface area contributed by atoms with Gasteiger partial charge >= 0.3 is 0 Å². The highest BCUT2D eigenvalue weighted by Gasteiger charge is 2.08. The summed E-state index contributed by atoms with van der Waals surface area (Å²) in [5.41, 5.74) is 1.21. The molecule has 0 spiro atoms. The molecule has 0 heterocycles. The molecule has 2 aromatic rings. The van der Waals surface area contributed by atoms with Crippen molar-refractivity contribution in [2.45, 2.75) is 6.92 Å². The van der Waals surface area contributed by atoms with E-state index in [1.807, 2.05) is 6.07 Å². The Morgan fingerprint density at radius 2 is 1.84 bits per heavy atom. The van der Waals surface area contributed by atoms with Crippen LogP contribution in [0, 0.1) is 29.9 Å². The van der Waals surface area contributed by atoms with Crippen molar-refractivity contribution < 1.29 is 8.78 Å². The summed E-state index contributed by atoms with van der Waals surface area (Å²) in [5.74, 6) is -1.03. The van der Waals surface area contributed by atoms with Crippen LogP contribution in [-0.4, -0.2) is 0 Å². The Balaban J connectivity index is 2.39. The minimum absolute atomic E-state index is 0.0325. The second kappa shape index (κ2) is 5.37. The average molecular weight is 323 g/mol. The lowest BCUT2D eigenvalue weighted by molar-refractivity contribution is 0.595. The number of rotatable bonds is 2. The van der Waals surface area contributed by atoms with Crippen molar-refractivity contribution in [2.24, 2.45) is 0 Å². The first kappa shape index (κ1) is 13.5. The molecular weight excluding hydrogens is 314 g/mol. The number of hydrogen-bond acceptors (Lipinski definition) is 2. The first-order chi connectivity index (χ1) is 8.99. The number of halogens is 3. The van der Waals surface area contributed by atoms with Gasteiger partial charge in [-0.25, -0.2) is 8.78 Å². The highest BCUT2D eigenvalue weighted by Crippen LogP contribution is 2.26. The van der Waals surface area contributed by atoms with Crippen LogP contribution in [0.1, 0.15) is 11.1 Å². The first-order valence-electron chi connectivity index (χ1n) is 5.43. The van der Waals surface area contributed by atoms with Gasteiger partial charge in [0.05, 0.1) is 17.3 Å². The Morgan fingerprint density at radius 1 is 1.11 bits per heavy atom. The Hall–Kier alpha value is -1.93. The molecule has 0 aromatic heterocycles. The fraction of sp³-hybridized carbons (Fsp3) is 0.0714. The van der Waals surface area contributed by atoms with E-state index in [1.54, 1.807) is 18.2 Å². The maximum absolute atomic E-state index is 13.7. The standard InChI is InChI=1S/C14H9BrF2N2/c1-8-2-13(17)14(6-12(8)16)19-11-4-9(7-18)3-10(15)5-11/h2-6,19H,1H3. The Kier molecular flexibility index (Phi) is 3.82. The second-order valence-electron chi connectivity index (χ2n) is 4.05. The van der Waals surface area contributed by atoms with Gasteiger partial charge in [-0.15, -0.1) is 0 Å². The van der Waals surface area contributed by atoms with E-state index in [-0.39, 0.29) is 11.3 Å². The lowest BCUT2D eigenvalue weighted by Gasteiger charge is -2.10. The molecule has 0 saturated carbocycles. The molecule has 0 aliphatic rings. The van der Waals surface area contributed by atoms with E-state index in [9.17, 15) is 8.78 Å². The maximum atomic E-state index is 13.7. The SMILES string of the molecule is Cc1cc(F)c(Nc2cc(Br)cc(C#N)c2)cc1F. The van der Waals surface area contributed by atoms with Crippen LogP contribution >= 0.6 is 15.9 Å². The van der Waals surface area contributed by atoms with Crippen LogP contribution in [0.3, 0.4) is 0 Å². The summed E-state index contributed by atoms with van der Waals surface area (Å²) in [6, 6.07) is 9.08. The average Bonchev–Trinajstić information content (AvgIpc) is 2.35. The largest absolute Gasteiger partial charge is 0.353 e. The van der Waals surface area contributed by atoms with E-state index in [2.05, 4.69) is 21.2 Å². The summed E-state index contributed by atoms with van der Waals surface area (Å²) >= 11 is 3.25. The van der Waals surface area contributed by atoms with Crippen molar-refractivity contribution in [1.29, 1.82) is 5.26 Å². The summed E-state index contributed by atoms with van der Waals surface area (Å²) in [5, 5.41) is 11.6. The quantitative estimate of drug-likeness (QED) is 0.873. The Morgan fingerprint density at radius 3 is 2.53 bits per heavy atom. The Bertz CT molecular complexity index is 678. The second-order valence-corrected chi connectivity index (χ2v) is 4.96. The van der Waals surface area contributed by atoms with Gasteiger partial charge in [-0.1, -0.05) is 15.9 Å². The van der Waals surface area contributed by atoms with Gasteiger partial charge in [0.15, 0.2) is 0 Å². The summed E-state index contributed by atoms with van der Waals surface area (Å²) in [7, 11) is 0. The molecule has 1 N–H and O–H groups in total. The molecule has 0 atom stereocenters. The highest BCUT2D eigenvalue weighted by molar-refractivity contribution is 9.10. The smallest absolute Gasteiger partial charge is 0.147 e. The minimum atomic E-state index is -0.544. The van der Waals surface area contributed by atoms with E-state index in [4.69, 9.17) is 5.26 Å². The number of hydrogen-bond donors (Lipinski definition) is 1. The van der Waals surface area contributed by atoms with Crippen LogP contribution in [0.5, 0.6) is 0 Å². The molecule has 0 bridgehead atoms. The predicted molar refractivity (Wildman–Crippen MR) is 73.2 cm³/mol. The van der Waals surface area contributed by atoms with Gasteiger partial charge in [0.25, 0.3) is 0 Å². The number of nitrogens with one attached hydrogen (secondary N) is 1. The molecular formula is C14H9BrF2N2. The summed E-state index contributed by atoms with van der Waals surface area (Å²) in [4.78, 5) is 0. The maximum Gasteiger partial charge on any atom is 0.147 e. The fourth-order valence-electron chi connectivity index (χ4n) is 1.62. The van der Waals surface area contributed by atoms with Gasteiger partial charge in [-0.05, 0) is 36.8 Å². The number of aryl methyl sites for hydroxylation is 1. The van der Waals surface area contributed by atoms with Gasteiger partial charge in [0, 0.05) is 16.2 Å². The van der Waals surface area contributed by atoms with Crippen LogP contribution in [0.15, 0.2) is 34.8 Å². The van der Waals surface area contributed by atoms with E-state index in [0.717, 1.165) is 12.1 Å². The summed E-state index contributed by atoms with van der Waals surface area (Å²) in [6.07, 6.45) is 0. The van der Waals surface area contributed by atoms with Gasteiger partial charge < -0.3 is 5.32 Å². The van der Waals surface area contributed by atoms with E-state index in [1.165, 1.54) is 6.92 Å². The van der Waals surface area contributed by atoms with E-state index >= 15 is 0 Å². The molecule has 96 valence electrons. The molecule has 19 heavy (non-hydrogen) atoms. The topological polar surface area (TPSA) is 35.8 Å². The van der Waals surface area contributed by atoms with Crippen molar-refractivity contribution in [3.8, 4) is 6.07 Å². The summed E-state index contributed by atoms with van der Waals surface area (Å²) < 4.78 is 27.8. The molecule has 2 nitrogen and oxygen atoms in total. The molecule has 2 rings (SSSR count). The third-order valence-electron chi connectivity index (χ3n) is 2.55. The number of anilines is 2. The monoisotopic (exact) mass is 322 g/mol. The van der Waals surface area contributed by atoms with Crippen LogP contribution in [0.2, 0.25) is 0 Å². The van der Waals surface area contributed by atoms with Gasteiger partial charge in [0.1, 0.15) is 11.6 Å². The van der Waals surface area contributed by atoms with E-state index in [0.29, 0.717) is 15.7 Å². The molecule has 0 saturated heterocycles. The molecule has 0 aliphatic carbocycles. The van der Waals surface area contributed by atoms with Gasteiger partial charge in [0.2, 0.25) is 0 Å². The van der Waals surface area contributed by atoms with Gasteiger partial charge in [-0.2, -0.15) is 5.26 Å². The molecule has 0 amide bonds. The number of nitrogens with zero attached hydrogens (tertiary/aromatic N) is 1. The molecule has 0 unspecified atom stereocenters. The summed E-state index contributed by atoms with van der Waals surface area (Å²) in [6.45, 7) is 1.50. The fourth-order valence-corrected chi connectivity index (χ4v) is 2.12. The van der Waals surface area contributed by atoms with Crippen molar-refractivity contribution in [1.82, 2.24) is 0 Å². The minimum Gasteiger partial charge on any atom is -0.353 e. The van der Waals surface area contributed by atoms with Crippen molar-refractivity contribution in [3.63, 3.8) is 0 Å². The van der Waals surface area contributed by atoms with E-state index < -0.39 is 11.6 Å². The predicted octanol–water partition coefficient (Wildman–Crippen LogP) is 4.65. The third-order valence-corrected chi connectivity index (χ3v) is 3.01. The zero-order chi connectivity index (χ0) is 14.0. The third kappa shape index (κ3) is 3.09.